The maximum Gasteiger partial charge on any atom is 0.0598 e. The molecular formula is C10H17N. The molecule has 0 aromatic carbocycles. The third-order valence-corrected chi connectivity index (χ3v) is 2.54. The Hall–Kier alpha value is -0.480. The van der Waals surface area contributed by atoms with Gasteiger partial charge in [-0.1, -0.05) is 25.2 Å². The number of nitrogens with zero attached hydrogens (tertiary/aromatic N) is 1. The van der Waals surface area contributed by atoms with Gasteiger partial charge in [0.25, 0.3) is 0 Å². The molecule has 0 unspecified atom stereocenters. The summed E-state index contributed by atoms with van der Waals surface area (Å²) in [7, 11) is 2.13. The van der Waals surface area contributed by atoms with Crippen LogP contribution in [0, 0.1) is 12.3 Å². The predicted octanol–water partition coefficient (Wildman–Crippen LogP) is 1.88. The van der Waals surface area contributed by atoms with E-state index < -0.39 is 0 Å². The van der Waals surface area contributed by atoms with Crippen molar-refractivity contribution in [1.82, 2.24) is 4.90 Å². The summed E-state index contributed by atoms with van der Waals surface area (Å²) in [5.41, 5.74) is 0. The minimum atomic E-state index is 0.764. The lowest BCUT2D eigenvalue weighted by atomic mass is 9.94. The van der Waals surface area contributed by atoms with Crippen molar-refractivity contribution in [3.8, 4) is 12.3 Å². The van der Waals surface area contributed by atoms with Gasteiger partial charge in [-0.2, -0.15) is 0 Å². The molecular weight excluding hydrogens is 134 g/mol. The zero-order valence-corrected chi connectivity index (χ0v) is 7.34. The second-order valence-electron chi connectivity index (χ2n) is 3.41. The van der Waals surface area contributed by atoms with Crippen molar-refractivity contribution >= 4 is 0 Å². The van der Waals surface area contributed by atoms with Gasteiger partial charge in [0.05, 0.1) is 6.54 Å². The van der Waals surface area contributed by atoms with E-state index in [1.807, 2.05) is 0 Å². The van der Waals surface area contributed by atoms with E-state index in [1.165, 1.54) is 32.1 Å². The molecule has 0 heterocycles. The van der Waals surface area contributed by atoms with Crippen molar-refractivity contribution < 1.29 is 0 Å². The van der Waals surface area contributed by atoms with Gasteiger partial charge < -0.3 is 0 Å². The molecule has 0 bridgehead atoms. The van der Waals surface area contributed by atoms with Crippen LogP contribution in [-0.2, 0) is 0 Å². The summed E-state index contributed by atoms with van der Waals surface area (Å²) in [5.74, 6) is 2.69. The van der Waals surface area contributed by atoms with Gasteiger partial charge in [0.1, 0.15) is 0 Å². The molecule has 0 N–H and O–H groups in total. The van der Waals surface area contributed by atoms with E-state index in [-0.39, 0.29) is 0 Å². The number of terminal acetylenes is 1. The highest BCUT2D eigenvalue weighted by Crippen LogP contribution is 2.20. The normalized spacial score (nSPS) is 20.1. The lowest BCUT2D eigenvalue weighted by Gasteiger charge is -2.29. The number of hydrogen-bond donors (Lipinski definition) is 0. The zero-order valence-electron chi connectivity index (χ0n) is 7.34. The van der Waals surface area contributed by atoms with Crippen molar-refractivity contribution in [1.29, 1.82) is 0 Å². The summed E-state index contributed by atoms with van der Waals surface area (Å²) in [6.45, 7) is 0.810. The molecule has 11 heavy (non-hydrogen) atoms. The van der Waals surface area contributed by atoms with Crippen LogP contribution in [0.3, 0.4) is 0 Å². The molecule has 0 radical (unpaired) electrons. The third kappa shape index (κ3) is 2.55. The summed E-state index contributed by atoms with van der Waals surface area (Å²) < 4.78 is 0. The molecule has 0 aliphatic heterocycles. The van der Waals surface area contributed by atoms with Gasteiger partial charge in [0.15, 0.2) is 0 Å². The molecule has 0 spiro atoms. The van der Waals surface area contributed by atoms with Crippen LogP contribution in [0.5, 0.6) is 0 Å². The monoisotopic (exact) mass is 151 g/mol. The Bertz CT molecular complexity index is 139. The van der Waals surface area contributed by atoms with Gasteiger partial charge in [-0.25, -0.2) is 0 Å². The molecule has 0 saturated heterocycles. The maximum absolute atomic E-state index is 5.24. The second kappa shape index (κ2) is 4.41. The van der Waals surface area contributed by atoms with Crippen LogP contribution >= 0.6 is 0 Å². The molecule has 1 aliphatic carbocycles. The predicted molar refractivity (Wildman–Crippen MR) is 48.3 cm³/mol. The minimum absolute atomic E-state index is 0.764. The van der Waals surface area contributed by atoms with Crippen LogP contribution in [0.15, 0.2) is 0 Å². The Labute approximate surface area is 69.8 Å². The molecule has 1 nitrogen and oxygen atoms in total. The fraction of sp³-hybridized carbons (Fsp3) is 0.800. The fourth-order valence-electron chi connectivity index (χ4n) is 1.79. The van der Waals surface area contributed by atoms with E-state index in [4.69, 9.17) is 6.42 Å². The van der Waals surface area contributed by atoms with Crippen molar-refractivity contribution in [3.63, 3.8) is 0 Å². The largest absolute Gasteiger partial charge is 0.292 e. The van der Waals surface area contributed by atoms with Crippen LogP contribution in [-0.4, -0.2) is 24.5 Å². The average Bonchev–Trinajstić information content (AvgIpc) is 2.07. The molecule has 1 rings (SSSR count). The smallest absolute Gasteiger partial charge is 0.0598 e. The van der Waals surface area contributed by atoms with Crippen molar-refractivity contribution in [3.05, 3.63) is 0 Å². The van der Waals surface area contributed by atoms with Crippen molar-refractivity contribution in [2.24, 2.45) is 0 Å². The summed E-state index contributed by atoms with van der Waals surface area (Å²) in [5, 5.41) is 0. The van der Waals surface area contributed by atoms with E-state index in [9.17, 15) is 0 Å². The highest BCUT2D eigenvalue weighted by Gasteiger charge is 2.16. The van der Waals surface area contributed by atoms with Gasteiger partial charge in [0, 0.05) is 6.04 Å². The highest BCUT2D eigenvalue weighted by atomic mass is 15.1. The highest BCUT2D eigenvalue weighted by molar-refractivity contribution is 4.89. The van der Waals surface area contributed by atoms with Crippen LogP contribution in [0.4, 0.5) is 0 Å². The first-order valence-electron chi connectivity index (χ1n) is 4.48. The summed E-state index contributed by atoms with van der Waals surface area (Å²) >= 11 is 0. The Morgan fingerprint density at radius 1 is 1.36 bits per heavy atom. The molecule has 0 atom stereocenters. The Kier molecular flexibility index (Phi) is 3.45. The lowest BCUT2D eigenvalue weighted by Crippen LogP contribution is -2.33. The van der Waals surface area contributed by atoms with Crippen LogP contribution in [0.25, 0.3) is 0 Å². The van der Waals surface area contributed by atoms with E-state index in [2.05, 4.69) is 17.9 Å². The Balaban J connectivity index is 2.27. The fourth-order valence-corrected chi connectivity index (χ4v) is 1.79. The van der Waals surface area contributed by atoms with Gasteiger partial charge in [-0.05, 0) is 19.9 Å². The lowest BCUT2D eigenvalue weighted by molar-refractivity contribution is 0.212. The van der Waals surface area contributed by atoms with E-state index >= 15 is 0 Å². The molecule has 1 saturated carbocycles. The quantitative estimate of drug-likeness (QED) is 0.545. The van der Waals surface area contributed by atoms with E-state index in [0.717, 1.165) is 12.6 Å². The molecule has 0 aromatic rings. The van der Waals surface area contributed by atoms with Crippen LogP contribution in [0.2, 0.25) is 0 Å². The summed E-state index contributed by atoms with van der Waals surface area (Å²) in [6.07, 6.45) is 12.1. The van der Waals surface area contributed by atoms with Crippen molar-refractivity contribution in [2.45, 2.75) is 38.1 Å². The SMILES string of the molecule is C#CCN(C)C1CCCCC1. The van der Waals surface area contributed by atoms with Gasteiger partial charge in [-0.3, -0.25) is 4.90 Å². The average molecular weight is 151 g/mol. The Morgan fingerprint density at radius 3 is 2.55 bits per heavy atom. The number of rotatable bonds is 2. The summed E-state index contributed by atoms with van der Waals surface area (Å²) in [6, 6.07) is 0.764. The second-order valence-corrected chi connectivity index (χ2v) is 3.41. The number of hydrogen-bond acceptors (Lipinski definition) is 1. The molecule has 1 heteroatoms. The molecule has 62 valence electrons. The molecule has 0 aromatic heterocycles. The molecule has 1 fully saturated rings. The first-order valence-corrected chi connectivity index (χ1v) is 4.48. The van der Waals surface area contributed by atoms with Gasteiger partial charge in [-0.15, -0.1) is 6.42 Å². The first-order chi connectivity index (χ1) is 5.34. The van der Waals surface area contributed by atoms with E-state index in [1.54, 1.807) is 0 Å². The maximum atomic E-state index is 5.24. The topological polar surface area (TPSA) is 3.24 Å². The minimum Gasteiger partial charge on any atom is -0.292 e. The van der Waals surface area contributed by atoms with Crippen molar-refractivity contribution in [2.75, 3.05) is 13.6 Å². The van der Waals surface area contributed by atoms with Crippen LogP contribution < -0.4 is 0 Å². The third-order valence-electron chi connectivity index (χ3n) is 2.54. The van der Waals surface area contributed by atoms with E-state index in [0.29, 0.717) is 0 Å². The standard InChI is InChI=1S/C10H17N/c1-3-9-11(2)10-7-5-4-6-8-10/h1,10H,4-9H2,2H3. The molecule has 1 aliphatic rings. The zero-order chi connectivity index (χ0) is 8.10. The van der Waals surface area contributed by atoms with Gasteiger partial charge >= 0.3 is 0 Å². The first kappa shape index (κ1) is 8.62. The Morgan fingerprint density at radius 2 is 2.00 bits per heavy atom. The van der Waals surface area contributed by atoms with Crippen LogP contribution in [0.1, 0.15) is 32.1 Å². The molecule has 0 amide bonds. The van der Waals surface area contributed by atoms with Gasteiger partial charge in [0.2, 0.25) is 0 Å². The summed E-state index contributed by atoms with van der Waals surface area (Å²) in [4.78, 5) is 2.30.